The molecule has 0 saturated carbocycles. The predicted molar refractivity (Wildman–Crippen MR) is 128 cm³/mol. The Morgan fingerprint density at radius 2 is 1.76 bits per heavy atom. The van der Waals surface area contributed by atoms with Crippen molar-refractivity contribution in [2.24, 2.45) is 7.05 Å². The maximum atomic E-state index is 13.0. The van der Waals surface area contributed by atoms with Crippen molar-refractivity contribution in [3.8, 4) is 11.3 Å². The molecular weight excluding hydrogens is 416 g/mol. The fourth-order valence-corrected chi connectivity index (χ4v) is 4.04. The predicted octanol–water partition coefficient (Wildman–Crippen LogP) is 2.18. The minimum Gasteiger partial charge on any atom is -0.383 e. The summed E-state index contributed by atoms with van der Waals surface area (Å²) in [4.78, 5) is 31.0. The molecule has 4 aromatic rings. The fourth-order valence-electron chi connectivity index (χ4n) is 4.04. The number of aryl methyl sites for hydroxylation is 1. The van der Waals surface area contributed by atoms with Crippen molar-refractivity contribution < 1.29 is 4.79 Å². The van der Waals surface area contributed by atoms with Crippen LogP contribution in [0.1, 0.15) is 16.1 Å². The summed E-state index contributed by atoms with van der Waals surface area (Å²) < 4.78 is 1.61. The van der Waals surface area contributed by atoms with Crippen LogP contribution >= 0.6 is 0 Å². The highest BCUT2D eigenvalue weighted by Crippen LogP contribution is 2.26. The third kappa shape index (κ3) is 4.27. The smallest absolute Gasteiger partial charge is 0.169 e. The second-order valence-electron chi connectivity index (χ2n) is 8.45. The number of fused-ring (bicyclic) bond motifs is 1. The minimum absolute atomic E-state index is 0.0189. The number of nitrogen functional groups attached to an aromatic ring is 1. The van der Waals surface area contributed by atoms with E-state index in [1.165, 1.54) is 0 Å². The van der Waals surface area contributed by atoms with Gasteiger partial charge in [-0.1, -0.05) is 0 Å². The van der Waals surface area contributed by atoms with Crippen LogP contribution in [0.2, 0.25) is 0 Å². The van der Waals surface area contributed by atoms with E-state index in [9.17, 15) is 4.79 Å². The minimum atomic E-state index is 0.0189. The fraction of sp³-hybridized carbons (Fsp3) is 0.292. The second-order valence-corrected chi connectivity index (χ2v) is 8.45. The van der Waals surface area contributed by atoms with Gasteiger partial charge in [-0.05, 0) is 36.7 Å². The lowest BCUT2D eigenvalue weighted by atomic mass is 10.0. The van der Waals surface area contributed by atoms with Gasteiger partial charge >= 0.3 is 0 Å². The molecule has 0 radical (unpaired) electrons. The molecule has 1 fully saturated rings. The van der Waals surface area contributed by atoms with Gasteiger partial charge in [0.1, 0.15) is 11.6 Å². The third-order valence-corrected chi connectivity index (χ3v) is 6.16. The highest BCUT2D eigenvalue weighted by atomic mass is 16.1. The SMILES string of the molecule is CN1CCN(c2cc(C(=O)Cc3cc4cc(-c5cnn(C)c5N)ncc4cn3)ccn2)CC1. The van der Waals surface area contributed by atoms with E-state index >= 15 is 0 Å². The summed E-state index contributed by atoms with van der Waals surface area (Å²) in [6, 6.07) is 7.56. The molecule has 5 heterocycles. The molecule has 0 unspecified atom stereocenters. The summed E-state index contributed by atoms with van der Waals surface area (Å²) in [6.07, 6.45) is 7.15. The Hall–Kier alpha value is -3.85. The summed E-state index contributed by atoms with van der Waals surface area (Å²) in [5, 5.41) is 6.05. The highest BCUT2D eigenvalue weighted by molar-refractivity contribution is 5.98. The number of Topliss-reactive ketones (excluding diaryl/α,β-unsaturated/α-hetero) is 1. The van der Waals surface area contributed by atoms with Crippen LogP contribution in [-0.2, 0) is 13.5 Å². The van der Waals surface area contributed by atoms with E-state index in [2.05, 4.69) is 36.9 Å². The molecule has 168 valence electrons. The maximum absolute atomic E-state index is 13.0. The molecule has 1 aliphatic heterocycles. The van der Waals surface area contributed by atoms with Gasteiger partial charge in [0.05, 0.1) is 23.9 Å². The Morgan fingerprint density at radius 1 is 0.970 bits per heavy atom. The van der Waals surface area contributed by atoms with Gasteiger partial charge in [-0.25, -0.2) is 4.98 Å². The number of aromatic nitrogens is 5. The number of pyridine rings is 3. The number of carbonyl (C=O) groups is 1. The first kappa shape index (κ1) is 21.0. The molecule has 1 aliphatic rings. The topological polar surface area (TPSA) is 106 Å². The number of ketones is 1. The Bertz CT molecular complexity index is 1320. The van der Waals surface area contributed by atoms with Crippen molar-refractivity contribution in [3.05, 3.63) is 60.3 Å². The zero-order valence-electron chi connectivity index (χ0n) is 18.8. The molecule has 0 amide bonds. The number of anilines is 2. The summed E-state index contributed by atoms with van der Waals surface area (Å²) >= 11 is 0. The lowest BCUT2D eigenvalue weighted by Crippen LogP contribution is -2.44. The van der Waals surface area contributed by atoms with E-state index < -0.39 is 0 Å². The van der Waals surface area contributed by atoms with Gasteiger partial charge in [-0.2, -0.15) is 5.10 Å². The summed E-state index contributed by atoms with van der Waals surface area (Å²) in [7, 11) is 3.91. The van der Waals surface area contributed by atoms with Crippen LogP contribution in [0, 0.1) is 0 Å². The Balaban J connectivity index is 1.37. The van der Waals surface area contributed by atoms with Gasteiger partial charge in [-0.15, -0.1) is 0 Å². The summed E-state index contributed by atoms with van der Waals surface area (Å²) in [5.41, 5.74) is 8.98. The average Bonchev–Trinajstić information content (AvgIpc) is 3.17. The molecule has 0 aromatic carbocycles. The lowest BCUT2D eigenvalue weighted by molar-refractivity contribution is 0.0992. The van der Waals surface area contributed by atoms with Crippen molar-refractivity contribution in [1.82, 2.24) is 29.6 Å². The van der Waals surface area contributed by atoms with Crippen molar-refractivity contribution in [2.75, 3.05) is 43.9 Å². The zero-order valence-corrected chi connectivity index (χ0v) is 18.8. The molecule has 1 saturated heterocycles. The van der Waals surface area contributed by atoms with Crippen LogP contribution in [-0.4, -0.2) is 68.6 Å². The number of hydrogen-bond acceptors (Lipinski definition) is 8. The zero-order chi connectivity index (χ0) is 22.9. The number of hydrogen-bond donors (Lipinski definition) is 1. The number of piperazine rings is 1. The number of rotatable bonds is 5. The molecule has 33 heavy (non-hydrogen) atoms. The van der Waals surface area contributed by atoms with Gasteiger partial charge in [0.15, 0.2) is 5.78 Å². The molecule has 0 bridgehead atoms. The third-order valence-electron chi connectivity index (χ3n) is 6.16. The first-order valence-corrected chi connectivity index (χ1v) is 10.9. The van der Waals surface area contributed by atoms with E-state index in [0.29, 0.717) is 17.1 Å². The quantitative estimate of drug-likeness (QED) is 0.469. The van der Waals surface area contributed by atoms with E-state index in [-0.39, 0.29) is 12.2 Å². The lowest BCUT2D eigenvalue weighted by Gasteiger charge is -2.33. The van der Waals surface area contributed by atoms with Gasteiger partial charge in [-0.3, -0.25) is 19.4 Å². The molecule has 0 aliphatic carbocycles. The van der Waals surface area contributed by atoms with Crippen molar-refractivity contribution >= 4 is 28.2 Å². The average molecular weight is 443 g/mol. The van der Waals surface area contributed by atoms with Gasteiger partial charge in [0.25, 0.3) is 0 Å². The first-order valence-electron chi connectivity index (χ1n) is 10.9. The van der Waals surface area contributed by atoms with Crippen LogP contribution in [0.15, 0.2) is 49.1 Å². The van der Waals surface area contributed by atoms with E-state index in [0.717, 1.165) is 54.0 Å². The number of nitrogens with two attached hydrogens (primary N) is 1. The van der Waals surface area contributed by atoms with Crippen LogP contribution in [0.5, 0.6) is 0 Å². The Morgan fingerprint density at radius 3 is 2.52 bits per heavy atom. The number of likely N-dealkylation sites (N-methyl/N-ethyl adjacent to an activating group) is 1. The molecule has 4 aromatic heterocycles. The van der Waals surface area contributed by atoms with Crippen LogP contribution in [0.3, 0.4) is 0 Å². The Labute approximate surface area is 191 Å². The molecule has 9 heteroatoms. The summed E-state index contributed by atoms with van der Waals surface area (Å²) in [6.45, 7) is 3.79. The normalized spacial score (nSPS) is 14.7. The molecule has 0 spiro atoms. The second kappa shape index (κ2) is 8.59. The van der Waals surface area contributed by atoms with Gasteiger partial charge in [0.2, 0.25) is 0 Å². The van der Waals surface area contributed by atoms with Crippen molar-refractivity contribution in [1.29, 1.82) is 0 Å². The van der Waals surface area contributed by atoms with Gasteiger partial charge < -0.3 is 15.5 Å². The van der Waals surface area contributed by atoms with E-state index in [4.69, 9.17) is 5.73 Å². The Kier molecular flexibility index (Phi) is 5.47. The molecule has 9 nitrogen and oxygen atoms in total. The van der Waals surface area contributed by atoms with Crippen molar-refractivity contribution in [3.63, 3.8) is 0 Å². The highest BCUT2D eigenvalue weighted by Gasteiger charge is 2.17. The maximum Gasteiger partial charge on any atom is 0.169 e. The van der Waals surface area contributed by atoms with E-state index in [1.54, 1.807) is 42.6 Å². The molecular formula is C24H26N8O. The first-order chi connectivity index (χ1) is 16.0. The van der Waals surface area contributed by atoms with Crippen LogP contribution in [0.4, 0.5) is 11.6 Å². The monoisotopic (exact) mass is 442 g/mol. The summed E-state index contributed by atoms with van der Waals surface area (Å²) in [5.74, 6) is 1.43. The van der Waals surface area contributed by atoms with Crippen LogP contribution in [0.25, 0.3) is 22.0 Å². The largest absolute Gasteiger partial charge is 0.383 e. The molecule has 2 N–H and O–H groups in total. The number of nitrogens with zero attached hydrogens (tertiary/aromatic N) is 7. The van der Waals surface area contributed by atoms with Crippen molar-refractivity contribution in [2.45, 2.75) is 6.42 Å². The van der Waals surface area contributed by atoms with Crippen LogP contribution < -0.4 is 10.6 Å². The van der Waals surface area contributed by atoms with Gasteiger partial charge in [0, 0.05) is 68.5 Å². The van der Waals surface area contributed by atoms with E-state index in [1.807, 2.05) is 18.2 Å². The molecule has 5 rings (SSSR count). The standard InChI is InChI=1S/C24H26N8O/c1-30-5-7-32(8-6-30)23-11-16(3-4-26-23)22(33)12-19-9-17-10-21(28-14-18(17)13-27-19)20-15-29-31(2)24(20)25/h3-4,9-11,13-15H,5-8,12,25H2,1-2H3. The molecule has 0 atom stereocenters. The number of carbonyl (C=O) groups excluding carboxylic acids is 1.